The van der Waals surface area contributed by atoms with Gasteiger partial charge in [-0.3, -0.25) is 4.79 Å². The normalized spacial score (nSPS) is 11.7. The van der Waals surface area contributed by atoms with Gasteiger partial charge in [0.15, 0.2) is 0 Å². The van der Waals surface area contributed by atoms with Crippen LogP contribution in [0, 0.1) is 0 Å². The number of rotatable bonds is 89. The third-order valence-corrected chi connectivity index (χ3v) is 13.1. The SMILES string of the molecule is CCCCCCCCCCCCCCCCNC(=O)CCOCCOCCOCCOCCOCCOCCOCCOCCOCCOCCOCCOCCOCCOCCOCCOCCOCCOCCOCCOCCOCCOCCOCCOCCN. The Labute approximate surface area is 567 Å². The molecule has 0 aromatic carbocycles. The van der Waals surface area contributed by atoms with E-state index in [9.17, 15) is 4.79 Å². The lowest BCUT2D eigenvalue weighted by molar-refractivity contribution is -0.122. The van der Waals surface area contributed by atoms with Crippen molar-refractivity contribution >= 4 is 5.91 Å². The maximum absolute atomic E-state index is 12.0. The average molecular weight is 1370 g/mol. The van der Waals surface area contributed by atoms with Crippen LogP contribution in [0.2, 0.25) is 0 Å². The standard InChI is InChI=1S/C67H136N2O25/c1-2-3-4-5-6-7-8-9-10-11-12-13-14-15-18-69-67(70)16-19-71-21-23-73-25-27-75-29-31-77-33-35-79-37-39-81-41-43-83-45-47-85-49-51-87-53-55-89-57-59-91-61-63-93-65-66-94-64-62-92-60-58-90-56-54-88-52-50-86-48-46-84-44-42-82-40-38-80-36-34-78-32-30-76-28-26-74-24-22-72-20-17-68/h2-66,68H2,1H3,(H,69,70). The van der Waals surface area contributed by atoms with Crippen molar-refractivity contribution in [1.82, 2.24) is 5.32 Å². The molecule has 0 saturated heterocycles. The summed E-state index contributed by atoms with van der Waals surface area (Å²) < 4.78 is 132. The molecule has 0 saturated carbocycles. The van der Waals surface area contributed by atoms with Gasteiger partial charge in [-0.05, 0) is 6.42 Å². The summed E-state index contributed by atoms with van der Waals surface area (Å²) in [6.45, 7) is 27.1. The zero-order chi connectivity index (χ0) is 67.2. The van der Waals surface area contributed by atoms with Crippen molar-refractivity contribution < 1.29 is 118 Å². The molecule has 0 spiro atoms. The van der Waals surface area contributed by atoms with Gasteiger partial charge in [-0.2, -0.15) is 0 Å². The lowest BCUT2D eigenvalue weighted by Gasteiger charge is -2.09. The summed E-state index contributed by atoms with van der Waals surface area (Å²) in [5, 5.41) is 3.00. The minimum atomic E-state index is 0.0506. The van der Waals surface area contributed by atoms with E-state index in [0.29, 0.717) is 330 Å². The summed E-state index contributed by atoms with van der Waals surface area (Å²) >= 11 is 0. The van der Waals surface area contributed by atoms with E-state index >= 15 is 0 Å². The fourth-order valence-electron chi connectivity index (χ4n) is 8.04. The first-order chi connectivity index (χ1) is 46.8. The maximum atomic E-state index is 12.0. The Balaban J connectivity index is 3.11. The number of ether oxygens (including phenoxy) is 24. The summed E-state index contributed by atoms with van der Waals surface area (Å²) in [7, 11) is 0. The van der Waals surface area contributed by atoms with Crippen LogP contribution < -0.4 is 11.1 Å². The monoisotopic (exact) mass is 1370 g/mol. The molecule has 0 aliphatic carbocycles. The number of carbonyl (C=O) groups excluding carboxylic acids is 1. The predicted octanol–water partition coefficient (Wildman–Crippen LogP) is 5.33. The van der Waals surface area contributed by atoms with E-state index in [0.717, 1.165) is 13.0 Å². The first-order valence-corrected chi connectivity index (χ1v) is 35.6. The first kappa shape index (κ1) is 92.5. The van der Waals surface area contributed by atoms with Gasteiger partial charge >= 0.3 is 0 Å². The Morgan fingerprint density at radius 3 is 0.500 bits per heavy atom. The Kier molecular flexibility index (Phi) is 88.0. The van der Waals surface area contributed by atoms with Crippen LogP contribution in [-0.2, 0) is 118 Å². The highest BCUT2D eigenvalue weighted by atomic mass is 16.6. The van der Waals surface area contributed by atoms with Crippen LogP contribution in [0.5, 0.6) is 0 Å². The zero-order valence-corrected chi connectivity index (χ0v) is 58.7. The van der Waals surface area contributed by atoms with E-state index in [4.69, 9.17) is 119 Å². The van der Waals surface area contributed by atoms with E-state index < -0.39 is 0 Å². The molecular weight excluding hydrogens is 1230 g/mol. The number of unbranched alkanes of at least 4 members (excludes halogenated alkanes) is 13. The highest BCUT2D eigenvalue weighted by Gasteiger charge is 2.04. The number of hydrogen-bond donors (Lipinski definition) is 2. The van der Waals surface area contributed by atoms with Crippen molar-refractivity contribution in [2.45, 2.75) is 103 Å². The first-order valence-electron chi connectivity index (χ1n) is 35.6. The highest BCUT2D eigenvalue weighted by Crippen LogP contribution is 2.13. The Morgan fingerprint density at radius 2 is 0.340 bits per heavy atom. The smallest absolute Gasteiger partial charge is 0.222 e. The highest BCUT2D eigenvalue weighted by molar-refractivity contribution is 5.75. The van der Waals surface area contributed by atoms with Crippen molar-refractivity contribution in [3.8, 4) is 0 Å². The summed E-state index contributed by atoms with van der Waals surface area (Å²) in [4.78, 5) is 12.0. The quantitative estimate of drug-likeness (QED) is 0.0728. The zero-order valence-electron chi connectivity index (χ0n) is 58.7. The van der Waals surface area contributed by atoms with Crippen molar-refractivity contribution in [3.63, 3.8) is 0 Å². The van der Waals surface area contributed by atoms with Gasteiger partial charge in [0.1, 0.15) is 0 Å². The van der Waals surface area contributed by atoms with E-state index in [1.54, 1.807) is 0 Å². The van der Waals surface area contributed by atoms with Crippen molar-refractivity contribution in [3.05, 3.63) is 0 Å². The molecule has 0 aromatic rings. The molecule has 0 aliphatic heterocycles. The summed E-state index contributed by atoms with van der Waals surface area (Å²) in [5.41, 5.74) is 5.35. The van der Waals surface area contributed by atoms with Crippen LogP contribution in [0.15, 0.2) is 0 Å². The van der Waals surface area contributed by atoms with Crippen molar-refractivity contribution in [2.75, 3.05) is 330 Å². The van der Waals surface area contributed by atoms with Crippen molar-refractivity contribution in [1.29, 1.82) is 0 Å². The predicted molar refractivity (Wildman–Crippen MR) is 357 cm³/mol. The maximum Gasteiger partial charge on any atom is 0.222 e. The van der Waals surface area contributed by atoms with Gasteiger partial charge < -0.3 is 125 Å². The molecule has 0 rings (SSSR count). The molecule has 0 atom stereocenters. The van der Waals surface area contributed by atoms with E-state index in [-0.39, 0.29) is 5.91 Å². The third kappa shape index (κ3) is 88.5. The van der Waals surface area contributed by atoms with Crippen LogP contribution in [-0.4, -0.2) is 336 Å². The van der Waals surface area contributed by atoms with Gasteiger partial charge in [0.05, 0.1) is 317 Å². The van der Waals surface area contributed by atoms with E-state index in [1.165, 1.54) is 83.5 Å². The number of carbonyl (C=O) groups is 1. The van der Waals surface area contributed by atoms with Gasteiger partial charge in [-0.25, -0.2) is 0 Å². The summed E-state index contributed by atoms with van der Waals surface area (Å²) in [5.74, 6) is 0.0506. The minimum absolute atomic E-state index is 0.0506. The minimum Gasteiger partial charge on any atom is -0.379 e. The fourth-order valence-corrected chi connectivity index (χ4v) is 8.04. The Morgan fingerprint density at radius 1 is 0.202 bits per heavy atom. The number of hydrogen-bond acceptors (Lipinski definition) is 26. The van der Waals surface area contributed by atoms with Gasteiger partial charge in [-0.1, -0.05) is 90.4 Å². The van der Waals surface area contributed by atoms with Gasteiger partial charge in [0, 0.05) is 19.5 Å². The molecule has 3 N–H and O–H groups in total. The van der Waals surface area contributed by atoms with Crippen LogP contribution in [0.3, 0.4) is 0 Å². The second-order valence-corrected chi connectivity index (χ2v) is 21.2. The Bertz CT molecular complexity index is 1350. The molecule has 1 amide bonds. The lowest BCUT2D eigenvalue weighted by Crippen LogP contribution is -2.25. The topological polar surface area (TPSA) is 277 Å². The second-order valence-electron chi connectivity index (χ2n) is 21.2. The van der Waals surface area contributed by atoms with Crippen LogP contribution in [0.1, 0.15) is 103 Å². The number of nitrogens with one attached hydrogen (secondary N) is 1. The van der Waals surface area contributed by atoms with Crippen LogP contribution >= 0.6 is 0 Å². The molecule has 0 fully saturated rings. The van der Waals surface area contributed by atoms with Gasteiger partial charge in [0.2, 0.25) is 5.91 Å². The molecule has 27 heteroatoms. The van der Waals surface area contributed by atoms with Crippen LogP contribution in [0.4, 0.5) is 0 Å². The van der Waals surface area contributed by atoms with Crippen molar-refractivity contribution in [2.24, 2.45) is 5.73 Å². The van der Waals surface area contributed by atoms with Gasteiger partial charge in [-0.15, -0.1) is 0 Å². The molecule has 0 radical (unpaired) electrons. The number of nitrogens with two attached hydrogens (primary N) is 1. The van der Waals surface area contributed by atoms with Gasteiger partial charge in [0.25, 0.3) is 0 Å². The largest absolute Gasteiger partial charge is 0.379 e. The molecule has 0 aliphatic rings. The second kappa shape index (κ2) is 89.5. The summed E-state index contributed by atoms with van der Waals surface area (Å²) in [6, 6.07) is 0. The molecular formula is C67H136N2O25. The Hall–Kier alpha value is -1.53. The molecule has 27 nitrogen and oxygen atoms in total. The van der Waals surface area contributed by atoms with E-state index in [1.807, 2.05) is 0 Å². The molecule has 564 valence electrons. The fraction of sp³-hybridized carbons (Fsp3) is 0.985. The average Bonchev–Trinajstić information content (AvgIpc) is 3.59. The van der Waals surface area contributed by atoms with Crippen LogP contribution in [0.25, 0.3) is 0 Å². The number of amides is 1. The molecule has 0 aromatic heterocycles. The molecule has 0 unspecified atom stereocenters. The lowest BCUT2D eigenvalue weighted by atomic mass is 10.0. The van der Waals surface area contributed by atoms with E-state index in [2.05, 4.69) is 12.2 Å². The molecule has 94 heavy (non-hydrogen) atoms. The molecule has 0 heterocycles. The summed E-state index contributed by atoms with van der Waals surface area (Å²) in [6.07, 6.45) is 19.0. The molecule has 0 bridgehead atoms. The third-order valence-electron chi connectivity index (χ3n) is 13.1.